The number of carbonyl (C=O) groups excluding carboxylic acids is 3. The lowest BCUT2D eigenvalue weighted by molar-refractivity contribution is -0.124. The van der Waals surface area contributed by atoms with Crippen LogP contribution in [0.4, 0.5) is 0 Å². The molecule has 3 rings (SSSR count). The number of ketones is 3. The molecule has 0 radical (unpaired) electrons. The van der Waals surface area contributed by atoms with E-state index in [0.717, 1.165) is 16.7 Å². The number of benzene rings is 1. The summed E-state index contributed by atoms with van der Waals surface area (Å²) in [6.07, 6.45) is 2.82. The summed E-state index contributed by atoms with van der Waals surface area (Å²) in [7, 11) is 0. The molecule has 0 aliphatic heterocycles. The predicted octanol–water partition coefficient (Wildman–Crippen LogP) is 3.28. The van der Waals surface area contributed by atoms with Crippen LogP contribution in [0.1, 0.15) is 61.2 Å². The second-order valence-corrected chi connectivity index (χ2v) is 7.02. The molecule has 0 atom stereocenters. The van der Waals surface area contributed by atoms with Gasteiger partial charge in [-0.15, -0.1) is 0 Å². The molecule has 0 unspecified atom stereocenters. The molecule has 3 nitrogen and oxygen atoms in total. The lowest BCUT2D eigenvalue weighted by atomic mass is 9.68. The van der Waals surface area contributed by atoms with Crippen molar-refractivity contribution in [1.29, 1.82) is 0 Å². The summed E-state index contributed by atoms with van der Waals surface area (Å²) >= 11 is 0. The minimum absolute atomic E-state index is 0.0265. The van der Waals surface area contributed by atoms with Crippen LogP contribution < -0.4 is 0 Å². The maximum atomic E-state index is 12.6. The van der Waals surface area contributed by atoms with Crippen LogP contribution in [0.2, 0.25) is 0 Å². The van der Waals surface area contributed by atoms with E-state index < -0.39 is 17.0 Å². The molecule has 2 aliphatic rings. The van der Waals surface area contributed by atoms with Crippen molar-refractivity contribution in [2.24, 2.45) is 5.92 Å². The predicted molar refractivity (Wildman–Crippen MR) is 84.9 cm³/mol. The Hall–Kier alpha value is -2.03. The molecule has 0 spiro atoms. The maximum absolute atomic E-state index is 12.6. The summed E-state index contributed by atoms with van der Waals surface area (Å²) in [6.45, 7) is 7.62. The van der Waals surface area contributed by atoms with E-state index in [1.807, 2.05) is 45.9 Å². The van der Waals surface area contributed by atoms with Crippen LogP contribution >= 0.6 is 0 Å². The van der Waals surface area contributed by atoms with Crippen molar-refractivity contribution in [3.63, 3.8) is 0 Å². The average Bonchev–Trinajstić information content (AvgIpc) is 2.45. The standard InChI is InChI=1S/C19H20O3/c1-10(2)13-9-11-5-7-14-12(16(11)18(22)17(13)21)6-8-15(20)19(14,3)4/h5,7,9-10H,6,8H2,1-4H3. The van der Waals surface area contributed by atoms with Crippen LogP contribution in [0.5, 0.6) is 0 Å². The molecule has 1 aromatic rings. The Balaban J connectivity index is 2.27. The van der Waals surface area contributed by atoms with E-state index in [2.05, 4.69) is 0 Å². The molecule has 0 saturated heterocycles. The van der Waals surface area contributed by atoms with Gasteiger partial charge in [0.25, 0.3) is 0 Å². The average molecular weight is 296 g/mol. The Morgan fingerprint density at radius 1 is 1.00 bits per heavy atom. The Kier molecular flexibility index (Phi) is 3.20. The monoisotopic (exact) mass is 296 g/mol. The highest BCUT2D eigenvalue weighted by Crippen LogP contribution is 2.39. The molecule has 0 aromatic heterocycles. The Morgan fingerprint density at radius 3 is 2.32 bits per heavy atom. The quantitative estimate of drug-likeness (QED) is 0.747. The van der Waals surface area contributed by atoms with Gasteiger partial charge >= 0.3 is 0 Å². The zero-order valence-corrected chi connectivity index (χ0v) is 13.4. The fourth-order valence-corrected chi connectivity index (χ4v) is 3.51. The minimum Gasteiger partial charge on any atom is -0.299 e. The molecule has 0 N–H and O–H groups in total. The van der Waals surface area contributed by atoms with Crippen molar-refractivity contribution in [3.05, 3.63) is 40.0 Å². The van der Waals surface area contributed by atoms with Gasteiger partial charge in [0.1, 0.15) is 5.78 Å². The molecule has 0 saturated carbocycles. The van der Waals surface area contributed by atoms with Gasteiger partial charge in [-0.3, -0.25) is 14.4 Å². The van der Waals surface area contributed by atoms with E-state index in [0.29, 0.717) is 24.0 Å². The molecule has 0 bridgehead atoms. The Bertz CT molecular complexity index is 748. The second-order valence-electron chi connectivity index (χ2n) is 7.02. The molecule has 0 fully saturated rings. The van der Waals surface area contributed by atoms with Crippen LogP contribution in [0.15, 0.2) is 17.7 Å². The number of fused-ring (bicyclic) bond motifs is 3. The van der Waals surface area contributed by atoms with E-state index in [9.17, 15) is 14.4 Å². The first-order chi connectivity index (χ1) is 10.2. The first-order valence-corrected chi connectivity index (χ1v) is 7.75. The van der Waals surface area contributed by atoms with Gasteiger partial charge in [0.2, 0.25) is 11.6 Å². The lowest BCUT2D eigenvalue weighted by Gasteiger charge is -2.33. The lowest BCUT2D eigenvalue weighted by Crippen LogP contribution is -2.36. The van der Waals surface area contributed by atoms with E-state index in [4.69, 9.17) is 0 Å². The van der Waals surface area contributed by atoms with Crippen molar-refractivity contribution >= 4 is 23.4 Å². The highest BCUT2D eigenvalue weighted by molar-refractivity contribution is 6.52. The van der Waals surface area contributed by atoms with Gasteiger partial charge in [0, 0.05) is 23.0 Å². The first kappa shape index (κ1) is 14.9. The summed E-state index contributed by atoms with van der Waals surface area (Å²) in [5.41, 5.74) is 3.10. The summed E-state index contributed by atoms with van der Waals surface area (Å²) in [6, 6.07) is 3.82. The third kappa shape index (κ3) is 1.92. The number of carbonyl (C=O) groups is 3. The molecular weight excluding hydrogens is 276 g/mol. The third-order valence-electron chi connectivity index (χ3n) is 4.95. The number of rotatable bonds is 1. The highest BCUT2D eigenvalue weighted by Gasteiger charge is 2.39. The van der Waals surface area contributed by atoms with Gasteiger partial charge in [-0.1, -0.05) is 26.0 Å². The molecule has 22 heavy (non-hydrogen) atoms. The van der Waals surface area contributed by atoms with Gasteiger partial charge < -0.3 is 0 Å². The fourth-order valence-electron chi connectivity index (χ4n) is 3.51. The smallest absolute Gasteiger partial charge is 0.234 e. The van der Waals surface area contributed by atoms with E-state index in [1.54, 1.807) is 0 Å². The Labute approximate surface area is 130 Å². The molecule has 0 amide bonds. The molecule has 2 aliphatic carbocycles. The number of hydrogen-bond acceptors (Lipinski definition) is 3. The van der Waals surface area contributed by atoms with Crippen molar-refractivity contribution in [2.75, 3.05) is 0 Å². The van der Waals surface area contributed by atoms with Crippen LogP contribution in [-0.2, 0) is 21.4 Å². The van der Waals surface area contributed by atoms with Crippen molar-refractivity contribution in [2.45, 2.75) is 46.0 Å². The molecule has 0 heterocycles. The summed E-state index contributed by atoms with van der Waals surface area (Å²) in [5.74, 6) is -0.597. The van der Waals surface area contributed by atoms with Crippen molar-refractivity contribution in [3.8, 4) is 0 Å². The van der Waals surface area contributed by atoms with Crippen LogP contribution in [0.25, 0.3) is 6.08 Å². The first-order valence-electron chi connectivity index (χ1n) is 7.75. The fraction of sp³-hybridized carbons (Fsp3) is 0.421. The van der Waals surface area contributed by atoms with Crippen molar-refractivity contribution in [1.82, 2.24) is 0 Å². The van der Waals surface area contributed by atoms with Gasteiger partial charge in [-0.2, -0.15) is 0 Å². The largest absolute Gasteiger partial charge is 0.299 e. The molecule has 114 valence electrons. The van der Waals surface area contributed by atoms with Gasteiger partial charge in [-0.05, 0) is 49.0 Å². The number of hydrogen-bond donors (Lipinski definition) is 0. The van der Waals surface area contributed by atoms with Crippen LogP contribution in [-0.4, -0.2) is 17.3 Å². The maximum Gasteiger partial charge on any atom is 0.234 e. The van der Waals surface area contributed by atoms with Crippen molar-refractivity contribution < 1.29 is 14.4 Å². The SMILES string of the molecule is CC(C)C1=Cc2ccc3c(c2C(=O)C1=O)CCC(=O)C3(C)C. The van der Waals surface area contributed by atoms with E-state index in [-0.39, 0.29) is 11.7 Å². The molecular formula is C19H20O3. The van der Waals surface area contributed by atoms with E-state index in [1.165, 1.54) is 0 Å². The summed E-state index contributed by atoms with van der Waals surface area (Å²) in [5, 5.41) is 0. The van der Waals surface area contributed by atoms with Crippen LogP contribution in [0.3, 0.4) is 0 Å². The topological polar surface area (TPSA) is 51.2 Å². The number of allylic oxidation sites excluding steroid dienone is 1. The van der Waals surface area contributed by atoms with Gasteiger partial charge in [-0.25, -0.2) is 0 Å². The van der Waals surface area contributed by atoms with E-state index >= 15 is 0 Å². The number of Topliss-reactive ketones (excluding diaryl/α,β-unsaturated/α-hetero) is 3. The minimum atomic E-state index is -0.589. The molecule has 1 aromatic carbocycles. The highest BCUT2D eigenvalue weighted by atomic mass is 16.2. The summed E-state index contributed by atoms with van der Waals surface area (Å²) < 4.78 is 0. The zero-order chi connectivity index (χ0) is 16.2. The molecule has 3 heteroatoms. The third-order valence-corrected chi connectivity index (χ3v) is 4.95. The zero-order valence-electron chi connectivity index (χ0n) is 13.4. The Morgan fingerprint density at radius 2 is 1.68 bits per heavy atom. The summed E-state index contributed by atoms with van der Waals surface area (Å²) in [4.78, 5) is 37.1. The van der Waals surface area contributed by atoms with Gasteiger partial charge in [0.15, 0.2) is 0 Å². The van der Waals surface area contributed by atoms with Crippen LogP contribution in [0, 0.1) is 5.92 Å². The second kappa shape index (κ2) is 4.73. The normalized spacial score (nSPS) is 19.9. The van der Waals surface area contributed by atoms with Gasteiger partial charge in [0.05, 0.1) is 0 Å².